The van der Waals surface area contributed by atoms with E-state index in [0.29, 0.717) is 25.4 Å². The van der Waals surface area contributed by atoms with Gasteiger partial charge in [-0.3, -0.25) is 4.79 Å². The molecule has 4 heteroatoms. The Kier molecular flexibility index (Phi) is 7.88. The summed E-state index contributed by atoms with van der Waals surface area (Å²) in [4.78, 5) is 11.8. The standard InChI is InChI=1S/C16H25FN2O/c1-2-3-13(10-11-18)6-9-16(20)19-12-14-4-7-15(17)8-5-14/h4-5,7-8,13H,2-3,6,9-12,18H2,1H3,(H,19,20). The number of halogens is 1. The van der Waals surface area contributed by atoms with Crippen LogP contribution in [0.15, 0.2) is 24.3 Å². The van der Waals surface area contributed by atoms with Crippen molar-refractivity contribution < 1.29 is 9.18 Å². The summed E-state index contributed by atoms with van der Waals surface area (Å²) in [6, 6.07) is 6.17. The van der Waals surface area contributed by atoms with Crippen molar-refractivity contribution in [3.8, 4) is 0 Å². The second-order valence-corrected chi connectivity index (χ2v) is 5.17. The first-order chi connectivity index (χ1) is 9.65. The maximum absolute atomic E-state index is 12.7. The molecule has 0 aliphatic rings. The second kappa shape index (κ2) is 9.48. The van der Waals surface area contributed by atoms with Gasteiger partial charge in [-0.05, 0) is 43.0 Å². The molecule has 0 saturated heterocycles. The van der Waals surface area contributed by atoms with Crippen molar-refractivity contribution in [3.05, 3.63) is 35.6 Å². The van der Waals surface area contributed by atoms with Gasteiger partial charge in [-0.1, -0.05) is 31.9 Å². The van der Waals surface area contributed by atoms with Gasteiger partial charge in [0.2, 0.25) is 5.91 Å². The summed E-state index contributed by atoms with van der Waals surface area (Å²) in [7, 11) is 0. The third-order valence-corrected chi connectivity index (χ3v) is 3.45. The first-order valence-electron chi connectivity index (χ1n) is 7.37. The lowest BCUT2D eigenvalue weighted by atomic mass is 9.94. The number of nitrogens with two attached hydrogens (primary N) is 1. The summed E-state index contributed by atoms with van der Waals surface area (Å²) in [5, 5.41) is 2.87. The third kappa shape index (κ3) is 6.66. The van der Waals surface area contributed by atoms with Crippen molar-refractivity contribution in [3.63, 3.8) is 0 Å². The van der Waals surface area contributed by atoms with Gasteiger partial charge in [-0.2, -0.15) is 0 Å². The van der Waals surface area contributed by atoms with Crippen molar-refractivity contribution in [2.75, 3.05) is 6.54 Å². The first-order valence-corrected chi connectivity index (χ1v) is 7.37. The van der Waals surface area contributed by atoms with E-state index < -0.39 is 0 Å². The quantitative estimate of drug-likeness (QED) is 0.730. The molecule has 0 aliphatic heterocycles. The van der Waals surface area contributed by atoms with Crippen LogP contribution in [0.4, 0.5) is 4.39 Å². The number of benzene rings is 1. The van der Waals surface area contributed by atoms with Gasteiger partial charge in [0.25, 0.3) is 0 Å². The maximum atomic E-state index is 12.7. The van der Waals surface area contributed by atoms with Crippen LogP contribution >= 0.6 is 0 Å². The molecule has 1 aromatic rings. The van der Waals surface area contributed by atoms with Gasteiger partial charge in [0.1, 0.15) is 5.82 Å². The monoisotopic (exact) mass is 280 g/mol. The van der Waals surface area contributed by atoms with Gasteiger partial charge in [0.15, 0.2) is 0 Å². The molecular formula is C16H25FN2O. The fourth-order valence-electron chi connectivity index (χ4n) is 2.30. The van der Waals surface area contributed by atoms with Crippen LogP contribution in [-0.2, 0) is 11.3 Å². The van der Waals surface area contributed by atoms with Crippen LogP contribution in [0.3, 0.4) is 0 Å². The van der Waals surface area contributed by atoms with E-state index in [2.05, 4.69) is 12.2 Å². The zero-order chi connectivity index (χ0) is 14.8. The van der Waals surface area contributed by atoms with Gasteiger partial charge in [0, 0.05) is 13.0 Å². The Morgan fingerprint density at radius 3 is 2.55 bits per heavy atom. The molecule has 0 fully saturated rings. The Labute approximate surface area is 120 Å². The zero-order valence-electron chi connectivity index (χ0n) is 12.2. The molecule has 1 atom stereocenters. The van der Waals surface area contributed by atoms with Crippen LogP contribution in [0, 0.1) is 11.7 Å². The van der Waals surface area contributed by atoms with Crippen LogP contribution in [0.25, 0.3) is 0 Å². The number of carbonyl (C=O) groups excluding carboxylic acids is 1. The van der Waals surface area contributed by atoms with Crippen molar-refractivity contribution in [1.82, 2.24) is 5.32 Å². The molecular weight excluding hydrogens is 255 g/mol. The van der Waals surface area contributed by atoms with E-state index in [0.717, 1.165) is 31.2 Å². The highest BCUT2D eigenvalue weighted by atomic mass is 19.1. The van der Waals surface area contributed by atoms with E-state index in [-0.39, 0.29) is 11.7 Å². The third-order valence-electron chi connectivity index (χ3n) is 3.45. The molecule has 112 valence electrons. The smallest absolute Gasteiger partial charge is 0.220 e. The summed E-state index contributed by atoms with van der Waals surface area (Å²) < 4.78 is 12.7. The van der Waals surface area contributed by atoms with Crippen molar-refractivity contribution >= 4 is 5.91 Å². The van der Waals surface area contributed by atoms with Crippen LogP contribution < -0.4 is 11.1 Å². The topological polar surface area (TPSA) is 55.1 Å². The average molecular weight is 280 g/mol. The summed E-state index contributed by atoms with van der Waals surface area (Å²) in [5.41, 5.74) is 6.49. The average Bonchev–Trinajstić information content (AvgIpc) is 2.44. The molecule has 1 amide bonds. The summed E-state index contributed by atoms with van der Waals surface area (Å²) >= 11 is 0. The normalized spacial score (nSPS) is 12.2. The van der Waals surface area contributed by atoms with E-state index in [1.165, 1.54) is 12.1 Å². The Morgan fingerprint density at radius 1 is 1.25 bits per heavy atom. The largest absolute Gasteiger partial charge is 0.352 e. The lowest BCUT2D eigenvalue weighted by molar-refractivity contribution is -0.121. The van der Waals surface area contributed by atoms with E-state index >= 15 is 0 Å². The van der Waals surface area contributed by atoms with Crippen molar-refractivity contribution in [2.24, 2.45) is 11.7 Å². The van der Waals surface area contributed by atoms with E-state index in [4.69, 9.17) is 5.73 Å². The first kappa shape index (κ1) is 16.6. The highest BCUT2D eigenvalue weighted by molar-refractivity contribution is 5.75. The van der Waals surface area contributed by atoms with Crippen molar-refractivity contribution in [1.29, 1.82) is 0 Å². The second-order valence-electron chi connectivity index (χ2n) is 5.17. The molecule has 0 aromatic heterocycles. The molecule has 1 rings (SSSR count). The number of nitrogens with one attached hydrogen (secondary N) is 1. The van der Waals surface area contributed by atoms with E-state index in [1.807, 2.05) is 0 Å². The SMILES string of the molecule is CCCC(CCN)CCC(=O)NCc1ccc(F)cc1. The van der Waals surface area contributed by atoms with Crippen LogP contribution in [0.1, 0.15) is 44.6 Å². The minimum atomic E-state index is -0.260. The number of hydrogen-bond donors (Lipinski definition) is 2. The number of carbonyl (C=O) groups is 1. The minimum Gasteiger partial charge on any atom is -0.352 e. The van der Waals surface area contributed by atoms with Gasteiger partial charge >= 0.3 is 0 Å². The maximum Gasteiger partial charge on any atom is 0.220 e. The molecule has 3 nitrogen and oxygen atoms in total. The predicted molar refractivity (Wildman–Crippen MR) is 79.6 cm³/mol. The van der Waals surface area contributed by atoms with Crippen molar-refractivity contribution in [2.45, 2.75) is 45.6 Å². The molecule has 1 aromatic carbocycles. The molecule has 20 heavy (non-hydrogen) atoms. The molecule has 0 saturated carbocycles. The lowest BCUT2D eigenvalue weighted by Crippen LogP contribution is -2.23. The van der Waals surface area contributed by atoms with Gasteiger partial charge in [0.05, 0.1) is 0 Å². The Morgan fingerprint density at radius 2 is 1.95 bits per heavy atom. The molecule has 0 heterocycles. The van der Waals surface area contributed by atoms with Crippen LogP contribution in [0.5, 0.6) is 0 Å². The zero-order valence-corrected chi connectivity index (χ0v) is 12.2. The molecule has 0 spiro atoms. The fourth-order valence-corrected chi connectivity index (χ4v) is 2.30. The molecule has 0 radical (unpaired) electrons. The highest BCUT2D eigenvalue weighted by Crippen LogP contribution is 2.16. The molecule has 0 bridgehead atoms. The van der Waals surface area contributed by atoms with Gasteiger partial charge in [-0.15, -0.1) is 0 Å². The number of amides is 1. The van der Waals surface area contributed by atoms with Crippen LogP contribution in [-0.4, -0.2) is 12.5 Å². The molecule has 1 unspecified atom stereocenters. The van der Waals surface area contributed by atoms with Gasteiger partial charge < -0.3 is 11.1 Å². The molecule has 3 N–H and O–H groups in total. The fraction of sp³-hybridized carbons (Fsp3) is 0.562. The Bertz CT molecular complexity index is 386. The lowest BCUT2D eigenvalue weighted by Gasteiger charge is -2.14. The predicted octanol–water partition coefficient (Wildman–Crippen LogP) is 2.99. The summed E-state index contributed by atoms with van der Waals surface area (Å²) in [6.07, 6.45) is 4.66. The summed E-state index contributed by atoms with van der Waals surface area (Å²) in [6.45, 7) is 3.29. The highest BCUT2D eigenvalue weighted by Gasteiger charge is 2.10. The molecule has 0 aliphatic carbocycles. The minimum absolute atomic E-state index is 0.0486. The number of rotatable bonds is 9. The van der Waals surface area contributed by atoms with Gasteiger partial charge in [-0.25, -0.2) is 4.39 Å². The number of hydrogen-bond acceptors (Lipinski definition) is 2. The van der Waals surface area contributed by atoms with E-state index in [1.54, 1.807) is 12.1 Å². The summed E-state index contributed by atoms with van der Waals surface area (Å²) in [5.74, 6) is 0.332. The Hall–Kier alpha value is -1.42. The Balaban J connectivity index is 2.27. The van der Waals surface area contributed by atoms with Crippen LogP contribution in [0.2, 0.25) is 0 Å². The van der Waals surface area contributed by atoms with E-state index in [9.17, 15) is 9.18 Å².